The van der Waals surface area contributed by atoms with Gasteiger partial charge in [0.25, 0.3) is 0 Å². The van der Waals surface area contributed by atoms with Crippen LogP contribution in [0.4, 0.5) is 4.79 Å². The number of amides is 1. The van der Waals surface area contributed by atoms with Crippen molar-refractivity contribution in [3.05, 3.63) is 101 Å². The van der Waals surface area contributed by atoms with Crippen LogP contribution >= 0.6 is 0 Å². The molecule has 0 radical (unpaired) electrons. The highest BCUT2D eigenvalue weighted by atomic mass is 16.6. The predicted octanol–water partition coefficient (Wildman–Crippen LogP) is 4.61. The Kier molecular flexibility index (Phi) is 7.58. The molecule has 0 fully saturated rings. The highest BCUT2D eigenvalue weighted by molar-refractivity contribution is 5.83. The summed E-state index contributed by atoms with van der Waals surface area (Å²) in [6.07, 6.45) is -0.467. The molecule has 0 heterocycles. The number of carboxylic acids is 1. The van der Waals surface area contributed by atoms with Gasteiger partial charge in [0.1, 0.15) is 18.0 Å². The highest BCUT2D eigenvalue weighted by Gasteiger charge is 2.40. The Bertz CT molecular complexity index is 1100. The van der Waals surface area contributed by atoms with E-state index in [9.17, 15) is 19.8 Å². The van der Waals surface area contributed by atoms with Gasteiger partial charge in [-0.2, -0.15) is 0 Å². The van der Waals surface area contributed by atoms with Crippen LogP contribution in [0.3, 0.4) is 0 Å². The molecular formula is C27H29NO6. The molecule has 0 bridgehead atoms. The summed E-state index contributed by atoms with van der Waals surface area (Å²) in [5.41, 5.74) is -0.331. The first kappa shape index (κ1) is 24.8. The summed E-state index contributed by atoms with van der Waals surface area (Å²) in [4.78, 5) is 23.6. The van der Waals surface area contributed by atoms with E-state index < -0.39 is 23.3 Å². The third-order valence-corrected chi connectivity index (χ3v) is 5.04. The number of alkyl carbamates (subject to hydrolysis) is 1. The first-order valence-corrected chi connectivity index (χ1v) is 10.9. The summed E-state index contributed by atoms with van der Waals surface area (Å²) in [5, 5.41) is 23.3. The van der Waals surface area contributed by atoms with E-state index >= 15 is 0 Å². The van der Waals surface area contributed by atoms with Crippen LogP contribution in [0, 0.1) is 0 Å². The fourth-order valence-corrected chi connectivity index (χ4v) is 3.29. The highest BCUT2D eigenvalue weighted by Crippen LogP contribution is 2.31. The van der Waals surface area contributed by atoms with E-state index in [1.54, 1.807) is 54.6 Å². The Morgan fingerprint density at radius 2 is 1.38 bits per heavy atom. The number of carbonyl (C=O) groups is 2. The lowest BCUT2D eigenvalue weighted by Gasteiger charge is -2.24. The monoisotopic (exact) mass is 463 g/mol. The van der Waals surface area contributed by atoms with Crippen LogP contribution in [0.1, 0.15) is 43.0 Å². The maximum absolute atomic E-state index is 11.9. The number of hydrogen-bond donors (Lipinski definition) is 3. The van der Waals surface area contributed by atoms with Crippen molar-refractivity contribution in [1.82, 2.24) is 5.32 Å². The molecule has 3 rings (SSSR count). The van der Waals surface area contributed by atoms with Gasteiger partial charge >= 0.3 is 12.1 Å². The maximum atomic E-state index is 11.9. The summed E-state index contributed by atoms with van der Waals surface area (Å²) >= 11 is 0. The maximum Gasteiger partial charge on any atom is 0.407 e. The lowest BCUT2D eigenvalue weighted by Crippen LogP contribution is -2.36. The number of nitrogens with one attached hydrogen (secondary N) is 1. The van der Waals surface area contributed by atoms with Gasteiger partial charge in [-0.15, -0.1) is 0 Å². The van der Waals surface area contributed by atoms with Crippen LogP contribution in [0.15, 0.2) is 78.9 Å². The van der Waals surface area contributed by atoms with Crippen molar-refractivity contribution in [1.29, 1.82) is 0 Å². The third-order valence-electron chi connectivity index (χ3n) is 5.04. The Balaban J connectivity index is 1.58. The minimum absolute atomic E-state index is 0.236. The Labute approximate surface area is 199 Å². The number of hydrogen-bond acceptors (Lipinski definition) is 5. The first-order chi connectivity index (χ1) is 16.1. The Hall–Kier alpha value is -3.84. The van der Waals surface area contributed by atoms with Crippen molar-refractivity contribution < 1.29 is 29.3 Å². The number of rotatable bonds is 8. The standard InChI is InChI=1S/C27H29NO6/c1-26(2,3)34-25(31)28-17-19-9-11-20(12-10-19)18-33-23-15-13-22(14-16-23)27(32,24(29)30)21-7-5-4-6-8-21/h4-16,32H,17-18H2,1-3H3,(H,28,31)(H,29,30). The van der Waals surface area contributed by atoms with Crippen molar-refractivity contribution in [3.8, 4) is 5.75 Å². The summed E-state index contributed by atoms with van der Waals surface area (Å²) in [7, 11) is 0. The van der Waals surface area contributed by atoms with Gasteiger partial charge in [0.2, 0.25) is 5.60 Å². The van der Waals surface area contributed by atoms with Crippen LogP contribution in [0.25, 0.3) is 0 Å². The summed E-state index contributed by atoms with van der Waals surface area (Å²) in [6, 6.07) is 22.2. The molecule has 3 N–H and O–H groups in total. The van der Waals surface area contributed by atoms with Gasteiger partial charge in [-0.3, -0.25) is 0 Å². The van der Waals surface area contributed by atoms with Gasteiger partial charge in [0, 0.05) is 6.54 Å². The molecule has 0 saturated heterocycles. The number of ether oxygens (including phenoxy) is 2. The largest absolute Gasteiger partial charge is 0.489 e. The molecule has 0 aromatic heterocycles. The molecule has 0 aliphatic heterocycles. The van der Waals surface area contributed by atoms with E-state index in [2.05, 4.69) is 5.32 Å². The van der Waals surface area contributed by atoms with Crippen molar-refractivity contribution in [3.63, 3.8) is 0 Å². The van der Waals surface area contributed by atoms with E-state index in [4.69, 9.17) is 9.47 Å². The topological polar surface area (TPSA) is 105 Å². The van der Waals surface area contributed by atoms with Crippen molar-refractivity contribution in [2.24, 2.45) is 0 Å². The molecule has 1 atom stereocenters. The molecule has 3 aromatic rings. The number of aliphatic hydroxyl groups is 1. The average molecular weight is 464 g/mol. The molecule has 0 spiro atoms. The van der Waals surface area contributed by atoms with Gasteiger partial charge in [-0.05, 0) is 55.2 Å². The van der Waals surface area contributed by atoms with Gasteiger partial charge in [0.05, 0.1) is 0 Å². The fourth-order valence-electron chi connectivity index (χ4n) is 3.29. The lowest BCUT2D eigenvalue weighted by atomic mass is 9.86. The second-order valence-electron chi connectivity index (χ2n) is 8.87. The SMILES string of the molecule is CC(C)(C)OC(=O)NCc1ccc(COc2ccc(C(O)(C(=O)O)c3ccccc3)cc2)cc1. The summed E-state index contributed by atoms with van der Waals surface area (Å²) in [5.74, 6) is -0.811. The van der Waals surface area contributed by atoms with E-state index in [0.717, 1.165) is 11.1 Å². The molecule has 0 aliphatic rings. The summed E-state index contributed by atoms with van der Waals surface area (Å²) < 4.78 is 11.0. The Morgan fingerprint density at radius 1 is 0.824 bits per heavy atom. The zero-order valence-corrected chi connectivity index (χ0v) is 19.4. The van der Waals surface area contributed by atoms with Crippen molar-refractivity contribution >= 4 is 12.1 Å². The van der Waals surface area contributed by atoms with Crippen LogP contribution < -0.4 is 10.1 Å². The predicted molar refractivity (Wildman–Crippen MR) is 127 cm³/mol. The molecular weight excluding hydrogens is 434 g/mol. The van der Waals surface area contributed by atoms with Gasteiger partial charge in [0.15, 0.2) is 0 Å². The molecule has 0 aliphatic carbocycles. The zero-order valence-electron chi connectivity index (χ0n) is 19.4. The van der Waals surface area contributed by atoms with E-state index in [-0.39, 0.29) is 11.1 Å². The molecule has 178 valence electrons. The number of carbonyl (C=O) groups excluding carboxylic acids is 1. The molecule has 0 saturated carbocycles. The first-order valence-electron chi connectivity index (χ1n) is 10.9. The second kappa shape index (κ2) is 10.4. The lowest BCUT2D eigenvalue weighted by molar-refractivity contribution is -0.155. The number of benzene rings is 3. The van der Waals surface area contributed by atoms with E-state index in [1.807, 2.05) is 45.0 Å². The third kappa shape index (κ3) is 6.36. The molecule has 34 heavy (non-hydrogen) atoms. The van der Waals surface area contributed by atoms with E-state index in [0.29, 0.717) is 18.9 Å². The normalized spacial score (nSPS) is 12.9. The molecule has 1 unspecified atom stereocenters. The zero-order chi connectivity index (χ0) is 24.8. The van der Waals surface area contributed by atoms with E-state index in [1.165, 1.54) is 0 Å². The molecule has 7 heteroatoms. The van der Waals surface area contributed by atoms with Gasteiger partial charge in [-0.1, -0.05) is 66.7 Å². The average Bonchev–Trinajstić information content (AvgIpc) is 2.81. The van der Waals surface area contributed by atoms with Crippen LogP contribution in [-0.4, -0.2) is 27.9 Å². The summed E-state index contributed by atoms with van der Waals surface area (Å²) in [6.45, 7) is 6.09. The minimum Gasteiger partial charge on any atom is -0.489 e. The second-order valence-corrected chi connectivity index (χ2v) is 8.87. The molecule has 1 amide bonds. The molecule has 3 aromatic carbocycles. The van der Waals surface area contributed by atoms with Crippen LogP contribution in [0.2, 0.25) is 0 Å². The molecule has 7 nitrogen and oxygen atoms in total. The van der Waals surface area contributed by atoms with Crippen molar-refractivity contribution in [2.75, 3.05) is 0 Å². The number of aliphatic carboxylic acids is 1. The van der Waals surface area contributed by atoms with Crippen molar-refractivity contribution in [2.45, 2.75) is 45.1 Å². The van der Waals surface area contributed by atoms with Gasteiger partial charge < -0.3 is 25.0 Å². The smallest absolute Gasteiger partial charge is 0.407 e. The fraction of sp³-hybridized carbons (Fsp3) is 0.259. The van der Waals surface area contributed by atoms with Crippen LogP contribution in [0.5, 0.6) is 5.75 Å². The Morgan fingerprint density at radius 3 is 1.94 bits per heavy atom. The minimum atomic E-state index is -2.15. The van der Waals surface area contributed by atoms with Gasteiger partial charge in [-0.25, -0.2) is 9.59 Å². The van der Waals surface area contributed by atoms with Crippen LogP contribution in [-0.2, 0) is 28.3 Å². The quantitative estimate of drug-likeness (QED) is 0.451. The number of carboxylic acid groups (broad SMARTS) is 1.